The van der Waals surface area contributed by atoms with Gasteiger partial charge in [0.25, 0.3) is 6.43 Å². The third-order valence-electron chi connectivity index (χ3n) is 2.57. The van der Waals surface area contributed by atoms with Crippen molar-refractivity contribution >= 4 is 17.6 Å². The van der Waals surface area contributed by atoms with Crippen LogP contribution in [0.2, 0.25) is 5.02 Å². The standard InChI is InChI=1S/C12H13ClF2O2/c1-12(2,6-10(16)17)8-4-3-7(11(14)15)5-9(8)13/h3-5,11H,6H2,1-2H3,(H,16,17). The Bertz CT molecular complexity index is 431. The van der Waals surface area contributed by atoms with Crippen molar-refractivity contribution in [1.29, 1.82) is 0 Å². The zero-order valence-electron chi connectivity index (χ0n) is 9.51. The van der Waals surface area contributed by atoms with Gasteiger partial charge in [0, 0.05) is 16.0 Å². The minimum absolute atomic E-state index is 0.110. The highest BCUT2D eigenvalue weighted by Crippen LogP contribution is 2.34. The fourth-order valence-corrected chi connectivity index (χ4v) is 2.13. The smallest absolute Gasteiger partial charge is 0.304 e. The lowest BCUT2D eigenvalue weighted by molar-refractivity contribution is -0.138. The summed E-state index contributed by atoms with van der Waals surface area (Å²) in [6, 6.07) is 3.92. The maximum absolute atomic E-state index is 12.4. The Balaban J connectivity index is 3.11. The molecule has 0 saturated carbocycles. The maximum Gasteiger partial charge on any atom is 0.304 e. The summed E-state index contributed by atoms with van der Waals surface area (Å²) < 4.78 is 24.9. The summed E-state index contributed by atoms with van der Waals surface area (Å²) in [6.07, 6.45) is -2.69. The largest absolute Gasteiger partial charge is 0.481 e. The summed E-state index contributed by atoms with van der Waals surface area (Å²) in [5.74, 6) is -0.955. The average molecular weight is 263 g/mol. The first-order valence-electron chi connectivity index (χ1n) is 5.04. The van der Waals surface area contributed by atoms with Gasteiger partial charge in [0.1, 0.15) is 0 Å². The van der Waals surface area contributed by atoms with Crippen LogP contribution in [0.3, 0.4) is 0 Å². The molecular formula is C12H13ClF2O2. The lowest BCUT2D eigenvalue weighted by Crippen LogP contribution is -2.22. The van der Waals surface area contributed by atoms with Gasteiger partial charge in [0.2, 0.25) is 0 Å². The first kappa shape index (κ1) is 13.9. The van der Waals surface area contributed by atoms with Gasteiger partial charge in [-0.2, -0.15) is 0 Å². The minimum Gasteiger partial charge on any atom is -0.481 e. The first-order valence-corrected chi connectivity index (χ1v) is 5.41. The number of carbonyl (C=O) groups is 1. The molecule has 0 spiro atoms. The second-order valence-corrected chi connectivity index (χ2v) is 4.90. The van der Waals surface area contributed by atoms with E-state index in [1.165, 1.54) is 18.2 Å². The van der Waals surface area contributed by atoms with Crippen molar-refractivity contribution in [2.24, 2.45) is 0 Å². The Hall–Kier alpha value is -1.16. The van der Waals surface area contributed by atoms with Gasteiger partial charge in [-0.05, 0) is 11.6 Å². The molecule has 1 aromatic rings. The summed E-state index contributed by atoms with van der Waals surface area (Å²) in [5.41, 5.74) is -0.292. The third kappa shape index (κ3) is 3.40. The van der Waals surface area contributed by atoms with Crippen LogP contribution in [0.15, 0.2) is 18.2 Å². The van der Waals surface area contributed by atoms with Crippen LogP contribution >= 0.6 is 11.6 Å². The van der Waals surface area contributed by atoms with E-state index in [2.05, 4.69) is 0 Å². The van der Waals surface area contributed by atoms with E-state index >= 15 is 0 Å². The van der Waals surface area contributed by atoms with Gasteiger partial charge in [0.05, 0.1) is 6.42 Å². The predicted molar refractivity (Wildman–Crippen MR) is 61.7 cm³/mol. The van der Waals surface area contributed by atoms with Crippen molar-refractivity contribution in [2.45, 2.75) is 32.1 Å². The van der Waals surface area contributed by atoms with Crippen LogP contribution in [0.5, 0.6) is 0 Å². The molecule has 0 atom stereocenters. The molecule has 2 nitrogen and oxygen atoms in total. The van der Waals surface area contributed by atoms with Gasteiger partial charge < -0.3 is 5.11 Å². The molecule has 0 fully saturated rings. The number of carboxylic acid groups (broad SMARTS) is 1. The van der Waals surface area contributed by atoms with Crippen LogP contribution in [0.4, 0.5) is 8.78 Å². The van der Waals surface area contributed by atoms with Crippen LogP contribution in [-0.4, -0.2) is 11.1 Å². The second kappa shape index (κ2) is 5.00. The van der Waals surface area contributed by atoms with Crippen molar-refractivity contribution in [1.82, 2.24) is 0 Å². The van der Waals surface area contributed by atoms with Gasteiger partial charge in [-0.3, -0.25) is 4.79 Å². The molecule has 0 aliphatic heterocycles. The highest BCUT2D eigenvalue weighted by Gasteiger charge is 2.27. The lowest BCUT2D eigenvalue weighted by atomic mass is 9.81. The molecule has 0 aromatic heterocycles. The number of benzene rings is 1. The van der Waals surface area contributed by atoms with E-state index in [0.29, 0.717) is 5.56 Å². The topological polar surface area (TPSA) is 37.3 Å². The Morgan fingerprint density at radius 1 is 1.47 bits per heavy atom. The van der Waals surface area contributed by atoms with Crippen LogP contribution in [0.1, 0.15) is 37.8 Å². The van der Waals surface area contributed by atoms with Gasteiger partial charge in [-0.25, -0.2) is 8.78 Å². The number of alkyl halides is 2. The molecule has 1 aromatic carbocycles. The van der Waals surface area contributed by atoms with Gasteiger partial charge >= 0.3 is 5.97 Å². The number of carboxylic acids is 1. The zero-order chi connectivity index (χ0) is 13.2. The first-order chi connectivity index (χ1) is 7.74. The third-order valence-corrected chi connectivity index (χ3v) is 2.88. The number of halogens is 3. The number of hydrogen-bond acceptors (Lipinski definition) is 1. The van der Waals surface area contributed by atoms with E-state index in [0.717, 1.165) is 0 Å². The monoisotopic (exact) mass is 262 g/mol. The van der Waals surface area contributed by atoms with E-state index < -0.39 is 17.8 Å². The lowest BCUT2D eigenvalue weighted by Gasteiger charge is -2.24. The van der Waals surface area contributed by atoms with E-state index in [4.69, 9.17) is 16.7 Å². The second-order valence-electron chi connectivity index (χ2n) is 4.49. The van der Waals surface area contributed by atoms with Crippen LogP contribution in [0.25, 0.3) is 0 Å². The van der Waals surface area contributed by atoms with Crippen LogP contribution in [0, 0.1) is 0 Å². The number of rotatable bonds is 4. The van der Waals surface area contributed by atoms with Gasteiger partial charge in [-0.15, -0.1) is 0 Å². The minimum atomic E-state index is -2.58. The highest BCUT2D eigenvalue weighted by atomic mass is 35.5. The normalized spacial score (nSPS) is 11.9. The fourth-order valence-electron chi connectivity index (χ4n) is 1.69. The van der Waals surface area contributed by atoms with Crippen molar-refractivity contribution in [3.05, 3.63) is 34.3 Å². The molecule has 17 heavy (non-hydrogen) atoms. The molecule has 0 aliphatic rings. The van der Waals surface area contributed by atoms with E-state index in [-0.39, 0.29) is 17.0 Å². The molecule has 0 bridgehead atoms. The van der Waals surface area contributed by atoms with Crippen molar-refractivity contribution in [3.8, 4) is 0 Å². The quantitative estimate of drug-likeness (QED) is 0.889. The van der Waals surface area contributed by atoms with Crippen molar-refractivity contribution in [3.63, 3.8) is 0 Å². The van der Waals surface area contributed by atoms with Gasteiger partial charge in [-0.1, -0.05) is 37.6 Å². The average Bonchev–Trinajstić information content (AvgIpc) is 2.14. The fraction of sp³-hybridized carbons (Fsp3) is 0.417. The molecule has 0 unspecified atom stereocenters. The Morgan fingerprint density at radius 3 is 2.47 bits per heavy atom. The molecule has 0 amide bonds. The molecule has 0 aliphatic carbocycles. The molecule has 0 radical (unpaired) electrons. The van der Waals surface area contributed by atoms with Crippen molar-refractivity contribution < 1.29 is 18.7 Å². The predicted octanol–water partition coefficient (Wildman–Crippen LogP) is 4.03. The molecule has 5 heteroatoms. The zero-order valence-corrected chi connectivity index (χ0v) is 10.3. The van der Waals surface area contributed by atoms with E-state index in [9.17, 15) is 13.6 Å². The summed E-state index contributed by atoms with van der Waals surface area (Å²) >= 11 is 5.92. The Labute approximate surface area is 103 Å². The Kier molecular flexibility index (Phi) is 4.09. The van der Waals surface area contributed by atoms with Gasteiger partial charge in [0.15, 0.2) is 0 Å². The molecule has 94 valence electrons. The maximum atomic E-state index is 12.4. The highest BCUT2D eigenvalue weighted by molar-refractivity contribution is 6.31. The summed E-state index contributed by atoms with van der Waals surface area (Å²) in [6.45, 7) is 3.43. The van der Waals surface area contributed by atoms with E-state index in [1.54, 1.807) is 13.8 Å². The van der Waals surface area contributed by atoms with Crippen LogP contribution in [-0.2, 0) is 10.2 Å². The van der Waals surface area contributed by atoms with Crippen LogP contribution < -0.4 is 0 Å². The number of hydrogen-bond donors (Lipinski definition) is 1. The molecule has 0 heterocycles. The molecule has 0 saturated heterocycles. The van der Waals surface area contributed by atoms with Crippen molar-refractivity contribution in [2.75, 3.05) is 0 Å². The summed E-state index contributed by atoms with van der Waals surface area (Å²) in [5, 5.41) is 8.96. The summed E-state index contributed by atoms with van der Waals surface area (Å²) in [7, 11) is 0. The Morgan fingerprint density at radius 2 is 2.06 bits per heavy atom. The number of aliphatic carboxylic acids is 1. The molecular weight excluding hydrogens is 250 g/mol. The molecule has 1 N–H and O–H groups in total. The SMILES string of the molecule is CC(C)(CC(=O)O)c1ccc(C(F)F)cc1Cl. The summed E-state index contributed by atoms with van der Waals surface area (Å²) in [4.78, 5) is 10.7. The van der Waals surface area contributed by atoms with E-state index in [1.807, 2.05) is 0 Å². The molecule has 1 rings (SSSR count).